The maximum Gasteiger partial charge on any atom is 0.407 e. The third kappa shape index (κ3) is 2.19. The number of piperidine rings is 1. The lowest BCUT2D eigenvalue weighted by molar-refractivity contribution is 0.132. The minimum atomic E-state index is -0.870. The number of fused-ring (bicyclic) bond motifs is 1. The average molecular weight is 274 g/mol. The van der Waals surface area contributed by atoms with Gasteiger partial charge in [-0.05, 0) is 42.5 Å². The van der Waals surface area contributed by atoms with Crippen molar-refractivity contribution in [3.05, 3.63) is 41.8 Å². The van der Waals surface area contributed by atoms with E-state index in [0.717, 1.165) is 18.4 Å². The van der Waals surface area contributed by atoms with Gasteiger partial charge in [0.15, 0.2) is 0 Å². The molecule has 5 heteroatoms. The second-order valence-corrected chi connectivity index (χ2v) is 5.08. The molecule has 0 atom stereocenters. The molecule has 104 valence electrons. The van der Waals surface area contributed by atoms with Crippen LogP contribution in [0.1, 0.15) is 24.3 Å². The number of benzene rings is 1. The molecule has 4 nitrogen and oxygen atoms in total. The highest BCUT2D eigenvalue weighted by Gasteiger charge is 2.25. The first kappa shape index (κ1) is 12.8. The number of pyridine rings is 1. The zero-order valence-electron chi connectivity index (χ0n) is 10.9. The topological polar surface area (TPSA) is 53.4 Å². The third-order valence-electron chi connectivity index (χ3n) is 3.95. The van der Waals surface area contributed by atoms with Crippen LogP contribution in [0.5, 0.6) is 0 Å². The minimum Gasteiger partial charge on any atom is -0.465 e. The van der Waals surface area contributed by atoms with E-state index in [1.165, 1.54) is 11.0 Å². The van der Waals surface area contributed by atoms with Crippen LogP contribution in [0.15, 0.2) is 30.5 Å². The second-order valence-electron chi connectivity index (χ2n) is 5.08. The summed E-state index contributed by atoms with van der Waals surface area (Å²) in [4.78, 5) is 16.6. The second kappa shape index (κ2) is 5.07. The number of rotatable bonds is 1. The summed E-state index contributed by atoms with van der Waals surface area (Å²) in [6, 6.07) is 6.71. The Morgan fingerprint density at radius 2 is 2.05 bits per heavy atom. The van der Waals surface area contributed by atoms with Crippen molar-refractivity contribution in [3.63, 3.8) is 0 Å². The summed E-state index contributed by atoms with van der Waals surface area (Å²) in [5, 5.41) is 9.50. The van der Waals surface area contributed by atoms with Crippen LogP contribution in [-0.4, -0.2) is 34.2 Å². The van der Waals surface area contributed by atoms with Crippen molar-refractivity contribution in [3.8, 4) is 0 Å². The Balaban J connectivity index is 1.92. The van der Waals surface area contributed by atoms with E-state index in [9.17, 15) is 9.18 Å². The monoisotopic (exact) mass is 274 g/mol. The summed E-state index contributed by atoms with van der Waals surface area (Å²) >= 11 is 0. The molecule has 1 fully saturated rings. The summed E-state index contributed by atoms with van der Waals surface area (Å²) in [5.41, 5.74) is 1.72. The Hall–Kier alpha value is -2.17. The lowest BCUT2D eigenvalue weighted by Crippen LogP contribution is -2.36. The maximum absolute atomic E-state index is 13.8. The Morgan fingerprint density at radius 1 is 1.30 bits per heavy atom. The largest absolute Gasteiger partial charge is 0.465 e. The van der Waals surface area contributed by atoms with Crippen molar-refractivity contribution in [2.75, 3.05) is 13.1 Å². The van der Waals surface area contributed by atoms with Crippen molar-refractivity contribution >= 4 is 17.0 Å². The summed E-state index contributed by atoms with van der Waals surface area (Å²) in [7, 11) is 0. The van der Waals surface area contributed by atoms with Crippen LogP contribution < -0.4 is 0 Å². The Kier molecular flexibility index (Phi) is 3.26. The number of hydrogen-bond donors (Lipinski definition) is 1. The normalized spacial score (nSPS) is 16.6. The van der Waals surface area contributed by atoms with Gasteiger partial charge in [-0.25, -0.2) is 9.18 Å². The number of halogens is 1. The van der Waals surface area contributed by atoms with Gasteiger partial charge in [-0.3, -0.25) is 4.98 Å². The van der Waals surface area contributed by atoms with E-state index < -0.39 is 6.09 Å². The summed E-state index contributed by atoms with van der Waals surface area (Å²) in [5.74, 6) is -0.0246. The fourth-order valence-corrected chi connectivity index (χ4v) is 2.87. The van der Waals surface area contributed by atoms with E-state index in [-0.39, 0.29) is 11.7 Å². The molecule has 0 unspecified atom stereocenters. The summed E-state index contributed by atoms with van der Waals surface area (Å²) < 4.78 is 13.8. The minimum absolute atomic E-state index is 0.239. The van der Waals surface area contributed by atoms with Crippen molar-refractivity contribution in [1.82, 2.24) is 9.88 Å². The standard InChI is InChI=1S/C15H15FN2O2/c16-13-4-3-11(14-12(13)2-1-7-17-14)10-5-8-18(9-6-10)15(19)20/h1-4,7,10H,5-6,8-9H2,(H,19,20). The number of aromatic nitrogens is 1. The first-order chi connectivity index (χ1) is 9.66. The van der Waals surface area contributed by atoms with Crippen molar-refractivity contribution < 1.29 is 14.3 Å². The van der Waals surface area contributed by atoms with Crippen LogP contribution in [0.25, 0.3) is 10.9 Å². The van der Waals surface area contributed by atoms with Gasteiger partial charge in [0.1, 0.15) is 5.82 Å². The van der Waals surface area contributed by atoms with Crippen LogP contribution in [0.4, 0.5) is 9.18 Å². The zero-order chi connectivity index (χ0) is 14.1. The average Bonchev–Trinajstić information content (AvgIpc) is 2.48. The molecule has 1 amide bonds. The van der Waals surface area contributed by atoms with E-state index in [2.05, 4.69) is 4.98 Å². The molecule has 20 heavy (non-hydrogen) atoms. The summed E-state index contributed by atoms with van der Waals surface area (Å²) in [6.07, 6.45) is 2.30. The molecule has 0 saturated carbocycles. The Morgan fingerprint density at radius 3 is 2.75 bits per heavy atom. The summed E-state index contributed by atoms with van der Waals surface area (Å²) in [6.45, 7) is 1.04. The van der Waals surface area contributed by atoms with Crippen LogP contribution in [0.3, 0.4) is 0 Å². The first-order valence-corrected chi connectivity index (χ1v) is 6.68. The van der Waals surface area contributed by atoms with Gasteiger partial charge in [0.05, 0.1) is 5.52 Å². The molecule has 0 spiro atoms. The Bertz CT molecular complexity index is 651. The fourth-order valence-electron chi connectivity index (χ4n) is 2.87. The predicted octanol–water partition coefficient (Wildman–Crippen LogP) is 3.23. The van der Waals surface area contributed by atoms with Gasteiger partial charge in [0.25, 0.3) is 0 Å². The fraction of sp³-hybridized carbons (Fsp3) is 0.333. The van der Waals surface area contributed by atoms with Gasteiger partial charge in [0.2, 0.25) is 0 Å². The molecule has 1 aromatic carbocycles. The molecule has 0 aliphatic carbocycles. The molecule has 2 heterocycles. The molecule has 1 aromatic heterocycles. The van der Waals surface area contributed by atoms with Crippen LogP contribution in [0.2, 0.25) is 0 Å². The molecule has 1 aliphatic rings. The number of hydrogen-bond acceptors (Lipinski definition) is 2. The molecule has 0 radical (unpaired) electrons. The smallest absolute Gasteiger partial charge is 0.407 e. The molecule has 0 bridgehead atoms. The van der Waals surface area contributed by atoms with Gasteiger partial charge in [-0.15, -0.1) is 0 Å². The van der Waals surface area contributed by atoms with Gasteiger partial charge >= 0.3 is 6.09 Å². The lowest BCUT2D eigenvalue weighted by Gasteiger charge is -2.30. The lowest BCUT2D eigenvalue weighted by atomic mass is 9.88. The van der Waals surface area contributed by atoms with E-state index >= 15 is 0 Å². The Labute approximate surface area is 115 Å². The zero-order valence-corrected chi connectivity index (χ0v) is 10.9. The highest BCUT2D eigenvalue weighted by Crippen LogP contribution is 2.33. The number of carboxylic acid groups (broad SMARTS) is 1. The van der Waals surface area contributed by atoms with Crippen molar-refractivity contribution in [1.29, 1.82) is 0 Å². The molecule has 1 saturated heterocycles. The quantitative estimate of drug-likeness (QED) is 0.868. The van der Waals surface area contributed by atoms with E-state index in [1.807, 2.05) is 0 Å². The third-order valence-corrected chi connectivity index (χ3v) is 3.95. The van der Waals surface area contributed by atoms with E-state index in [4.69, 9.17) is 5.11 Å². The number of nitrogens with zero attached hydrogens (tertiary/aromatic N) is 2. The van der Waals surface area contributed by atoms with E-state index in [1.54, 1.807) is 24.4 Å². The predicted molar refractivity (Wildman–Crippen MR) is 73.3 cm³/mol. The number of carbonyl (C=O) groups is 1. The van der Waals surface area contributed by atoms with Gasteiger partial charge < -0.3 is 10.0 Å². The van der Waals surface area contributed by atoms with Crippen molar-refractivity contribution in [2.24, 2.45) is 0 Å². The molecule has 1 aliphatic heterocycles. The molecular weight excluding hydrogens is 259 g/mol. The van der Waals surface area contributed by atoms with Crippen molar-refractivity contribution in [2.45, 2.75) is 18.8 Å². The van der Waals surface area contributed by atoms with Crippen LogP contribution in [0, 0.1) is 5.82 Å². The van der Waals surface area contributed by atoms with Gasteiger partial charge in [-0.2, -0.15) is 0 Å². The highest BCUT2D eigenvalue weighted by molar-refractivity contribution is 5.82. The van der Waals surface area contributed by atoms with Gasteiger partial charge in [-0.1, -0.05) is 6.07 Å². The van der Waals surface area contributed by atoms with Crippen LogP contribution >= 0.6 is 0 Å². The van der Waals surface area contributed by atoms with Gasteiger partial charge in [0, 0.05) is 24.7 Å². The van der Waals surface area contributed by atoms with E-state index in [0.29, 0.717) is 24.0 Å². The SMILES string of the molecule is O=C(O)N1CCC(c2ccc(F)c3cccnc23)CC1. The number of likely N-dealkylation sites (tertiary alicyclic amines) is 1. The number of amides is 1. The maximum atomic E-state index is 13.8. The first-order valence-electron chi connectivity index (χ1n) is 6.68. The highest BCUT2D eigenvalue weighted by atomic mass is 19.1. The molecular formula is C15H15FN2O2. The van der Waals surface area contributed by atoms with Crippen LogP contribution in [-0.2, 0) is 0 Å². The molecule has 2 aromatic rings. The molecule has 3 rings (SSSR count). The molecule has 1 N–H and O–H groups in total.